The first-order valence-corrected chi connectivity index (χ1v) is 9.86. The average Bonchev–Trinajstić information content (AvgIpc) is 2.37. The van der Waals surface area contributed by atoms with E-state index in [1.807, 2.05) is 0 Å². The van der Waals surface area contributed by atoms with Gasteiger partial charge in [-0.05, 0) is 37.0 Å². The van der Waals surface area contributed by atoms with Gasteiger partial charge in [-0.3, -0.25) is 0 Å². The van der Waals surface area contributed by atoms with Crippen molar-refractivity contribution < 1.29 is 16.8 Å². The molecule has 0 heterocycles. The Kier molecular flexibility index (Phi) is 4.72. The minimum absolute atomic E-state index is 0.0766. The third-order valence-electron chi connectivity index (χ3n) is 3.70. The SMILES string of the molecule is CC1CCCC(NS(=O)(=O)c2cccc(S(N)(=O)=O)c2)C1. The predicted octanol–water partition coefficient (Wildman–Crippen LogP) is 1.19. The molecular formula is C13H20N2O4S2. The van der Waals surface area contributed by atoms with E-state index in [1.54, 1.807) is 0 Å². The van der Waals surface area contributed by atoms with Crippen LogP contribution in [0.3, 0.4) is 0 Å². The summed E-state index contributed by atoms with van der Waals surface area (Å²) in [6, 6.07) is 5.00. The Morgan fingerprint density at radius 3 is 2.43 bits per heavy atom. The molecule has 0 saturated heterocycles. The molecule has 1 aromatic rings. The fourth-order valence-corrected chi connectivity index (χ4v) is 4.61. The summed E-state index contributed by atoms with van der Waals surface area (Å²) >= 11 is 0. The second-order valence-electron chi connectivity index (χ2n) is 5.61. The average molecular weight is 332 g/mol. The van der Waals surface area contributed by atoms with Gasteiger partial charge in [0.2, 0.25) is 20.0 Å². The summed E-state index contributed by atoms with van der Waals surface area (Å²) in [5.41, 5.74) is 0. The Labute approximate surface area is 125 Å². The molecular weight excluding hydrogens is 312 g/mol. The monoisotopic (exact) mass is 332 g/mol. The third-order valence-corrected chi connectivity index (χ3v) is 6.13. The highest BCUT2D eigenvalue weighted by molar-refractivity contribution is 7.90. The van der Waals surface area contributed by atoms with E-state index < -0.39 is 20.0 Å². The first-order valence-electron chi connectivity index (χ1n) is 6.84. The lowest BCUT2D eigenvalue weighted by atomic mass is 9.88. The number of benzene rings is 1. The first kappa shape index (κ1) is 16.4. The lowest BCUT2D eigenvalue weighted by molar-refractivity contribution is 0.327. The first-order chi connectivity index (χ1) is 9.68. The van der Waals surface area contributed by atoms with Gasteiger partial charge in [0.15, 0.2) is 0 Å². The van der Waals surface area contributed by atoms with E-state index in [-0.39, 0.29) is 15.8 Å². The lowest BCUT2D eigenvalue weighted by Crippen LogP contribution is -2.38. The molecule has 0 spiro atoms. The molecule has 0 bridgehead atoms. The summed E-state index contributed by atoms with van der Waals surface area (Å²) in [4.78, 5) is -0.283. The summed E-state index contributed by atoms with van der Waals surface area (Å²) in [5, 5.41) is 5.03. The summed E-state index contributed by atoms with van der Waals surface area (Å²) in [6.07, 6.45) is 3.71. The maximum Gasteiger partial charge on any atom is 0.240 e. The Balaban J connectivity index is 2.23. The predicted molar refractivity (Wildman–Crippen MR) is 79.6 cm³/mol. The van der Waals surface area contributed by atoms with Gasteiger partial charge in [0.25, 0.3) is 0 Å². The molecule has 0 aromatic heterocycles. The molecule has 1 saturated carbocycles. The minimum atomic E-state index is -3.92. The van der Waals surface area contributed by atoms with E-state index in [1.165, 1.54) is 18.2 Å². The molecule has 1 fully saturated rings. The Hall–Kier alpha value is -0.960. The van der Waals surface area contributed by atoms with Crippen LogP contribution >= 0.6 is 0 Å². The van der Waals surface area contributed by atoms with Gasteiger partial charge in [-0.2, -0.15) is 0 Å². The van der Waals surface area contributed by atoms with Gasteiger partial charge in [-0.1, -0.05) is 25.8 Å². The molecule has 118 valence electrons. The zero-order chi connectivity index (χ0) is 15.7. The Morgan fingerprint density at radius 1 is 1.14 bits per heavy atom. The molecule has 1 aromatic carbocycles. The molecule has 0 aliphatic heterocycles. The number of hydrogen-bond acceptors (Lipinski definition) is 4. The zero-order valence-electron chi connectivity index (χ0n) is 11.8. The van der Waals surface area contributed by atoms with Crippen molar-refractivity contribution in [3.05, 3.63) is 24.3 Å². The molecule has 0 amide bonds. The van der Waals surface area contributed by atoms with E-state index in [4.69, 9.17) is 5.14 Å². The van der Waals surface area contributed by atoms with Crippen LogP contribution in [0.15, 0.2) is 34.1 Å². The molecule has 2 rings (SSSR count). The Bertz CT molecular complexity index is 713. The highest BCUT2D eigenvalue weighted by atomic mass is 32.2. The summed E-state index contributed by atoms with van der Waals surface area (Å²) in [6.45, 7) is 2.10. The maximum absolute atomic E-state index is 12.3. The molecule has 3 N–H and O–H groups in total. The number of rotatable bonds is 4. The van der Waals surface area contributed by atoms with E-state index in [9.17, 15) is 16.8 Å². The van der Waals surface area contributed by atoms with Crippen LogP contribution in [0.4, 0.5) is 0 Å². The van der Waals surface area contributed by atoms with Gasteiger partial charge in [-0.15, -0.1) is 0 Å². The van der Waals surface area contributed by atoms with Crippen LogP contribution in [0, 0.1) is 5.92 Å². The van der Waals surface area contributed by atoms with Gasteiger partial charge in [0.05, 0.1) is 9.79 Å². The summed E-state index contributed by atoms with van der Waals surface area (Å²) in [7, 11) is -7.66. The van der Waals surface area contributed by atoms with Crippen molar-refractivity contribution in [1.82, 2.24) is 4.72 Å². The smallest absolute Gasteiger partial charge is 0.225 e. The van der Waals surface area contributed by atoms with Crippen molar-refractivity contribution in [3.63, 3.8) is 0 Å². The van der Waals surface area contributed by atoms with Gasteiger partial charge < -0.3 is 0 Å². The second-order valence-corrected chi connectivity index (χ2v) is 8.89. The number of hydrogen-bond donors (Lipinski definition) is 2. The third kappa shape index (κ3) is 4.26. The Morgan fingerprint density at radius 2 is 1.81 bits per heavy atom. The van der Waals surface area contributed by atoms with Gasteiger partial charge in [0.1, 0.15) is 0 Å². The molecule has 21 heavy (non-hydrogen) atoms. The molecule has 2 atom stereocenters. The van der Waals surface area contributed by atoms with Crippen LogP contribution in [-0.2, 0) is 20.0 Å². The quantitative estimate of drug-likeness (QED) is 0.863. The molecule has 1 aliphatic rings. The van der Waals surface area contributed by atoms with Crippen molar-refractivity contribution in [3.8, 4) is 0 Å². The van der Waals surface area contributed by atoms with Crippen LogP contribution in [0.2, 0.25) is 0 Å². The number of primary sulfonamides is 1. The van der Waals surface area contributed by atoms with Gasteiger partial charge in [0, 0.05) is 6.04 Å². The van der Waals surface area contributed by atoms with E-state index >= 15 is 0 Å². The molecule has 2 unspecified atom stereocenters. The van der Waals surface area contributed by atoms with Crippen LogP contribution in [0.5, 0.6) is 0 Å². The molecule has 8 heteroatoms. The van der Waals surface area contributed by atoms with Crippen molar-refractivity contribution in [2.75, 3.05) is 0 Å². The summed E-state index contributed by atoms with van der Waals surface area (Å²) in [5.74, 6) is 0.488. The van der Waals surface area contributed by atoms with Gasteiger partial charge >= 0.3 is 0 Å². The second kappa shape index (κ2) is 6.04. The number of sulfonamides is 2. The van der Waals surface area contributed by atoms with Gasteiger partial charge in [-0.25, -0.2) is 26.7 Å². The van der Waals surface area contributed by atoms with E-state index in [2.05, 4.69) is 11.6 Å². The highest BCUT2D eigenvalue weighted by Crippen LogP contribution is 2.25. The lowest BCUT2D eigenvalue weighted by Gasteiger charge is -2.27. The summed E-state index contributed by atoms with van der Waals surface area (Å²) < 4.78 is 50.0. The largest absolute Gasteiger partial charge is 0.240 e. The minimum Gasteiger partial charge on any atom is -0.225 e. The fourth-order valence-electron chi connectivity index (χ4n) is 2.65. The molecule has 0 radical (unpaired) electrons. The van der Waals surface area contributed by atoms with E-state index in [0.717, 1.165) is 31.7 Å². The standard InChI is InChI=1S/C13H20N2O4S2/c1-10-4-2-5-11(8-10)15-21(18,19)13-7-3-6-12(9-13)20(14,16)17/h3,6-7,9-11,15H,2,4-5,8H2,1H3,(H2,14,16,17). The normalized spacial score (nSPS) is 23.9. The van der Waals surface area contributed by atoms with Crippen molar-refractivity contribution in [2.24, 2.45) is 11.1 Å². The van der Waals surface area contributed by atoms with Crippen LogP contribution < -0.4 is 9.86 Å². The molecule has 6 nitrogen and oxygen atoms in total. The maximum atomic E-state index is 12.3. The van der Waals surface area contributed by atoms with Crippen molar-refractivity contribution >= 4 is 20.0 Å². The van der Waals surface area contributed by atoms with Crippen LogP contribution in [-0.4, -0.2) is 22.9 Å². The number of nitrogens with one attached hydrogen (secondary N) is 1. The van der Waals surface area contributed by atoms with Crippen molar-refractivity contribution in [1.29, 1.82) is 0 Å². The van der Waals surface area contributed by atoms with E-state index in [0.29, 0.717) is 5.92 Å². The topological polar surface area (TPSA) is 106 Å². The number of nitrogens with two attached hydrogens (primary N) is 1. The fraction of sp³-hybridized carbons (Fsp3) is 0.538. The molecule has 1 aliphatic carbocycles. The van der Waals surface area contributed by atoms with Crippen LogP contribution in [0.25, 0.3) is 0 Å². The zero-order valence-corrected chi connectivity index (χ0v) is 13.5. The highest BCUT2D eigenvalue weighted by Gasteiger charge is 2.25. The van der Waals surface area contributed by atoms with Crippen LogP contribution in [0.1, 0.15) is 32.6 Å². The van der Waals surface area contributed by atoms with Crippen molar-refractivity contribution in [2.45, 2.75) is 48.4 Å².